The minimum Gasteiger partial charge on any atom is -0.404 e. The summed E-state index contributed by atoms with van der Waals surface area (Å²) in [6.45, 7) is 6.91. The molecule has 216 valence electrons. The van der Waals surface area contributed by atoms with Crippen molar-refractivity contribution in [3.8, 4) is 0 Å². The zero-order valence-corrected chi connectivity index (χ0v) is 25.1. The summed E-state index contributed by atoms with van der Waals surface area (Å²) in [7, 11) is 0.686. The van der Waals surface area contributed by atoms with Gasteiger partial charge < -0.3 is 19.9 Å². The Balaban J connectivity index is 1.20. The zero-order valence-electron chi connectivity index (χ0n) is 24.3. The van der Waals surface area contributed by atoms with Crippen molar-refractivity contribution in [2.24, 2.45) is 10.7 Å². The molecule has 0 radical (unpaired) electrons. The summed E-state index contributed by atoms with van der Waals surface area (Å²) in [5.74, 6) is 2.34. The van der Waals surface area contributed by atoms with E-state index in [9.17, 15) is 9.00 Å². The van der Waals surface area contributed by atoms with Gasteiger partial charge in [0.15, 0.2) is 0 Å². The van der Waals surface area contributed by atoms with Crippen molar-refractivity contribution in [3.05, 3.63) is 70.7 Å². The molecular weight excluding hydrogens is 548 g/mol. The van der Waals surface area contributed by atoms with Crippen LogP contribution in [0, 0.1) is 0 Å². The number of hydrogen-bond donors (Lipinski definition) is 1. The second kappa shape index (κ2) is 8.70. The van der Waals surface area contributed by atoms with E-state index in [1.807, 2.05) is 61.0 Å². The number of aromatic nitrogens is 2. The lowest BCUT2D eigenvalue weighted by Crippen LogP contribution is -2.48. The van der Waals surface area contributed by atoms with Crippen molar-refractivity contribution in [1.82, 2.24) is 14.5 Å². The molecule has 1 aliphatic carbocycles. The van der Waals surface area contributed by atoms with Crippen molar-refractivity contribution < 1.29 is 17.7 Å². The number of amides is 1. The van der Waals surface area contributed by atoms with Crippen LogP contribution in [0.5, 0.6) is 0 Å². The van der Waals surface area contributed by atoms with Gasteiger partial charge in [0.25, 0.3) is 11.4 Å². The molecule has 1 saturated carbocycles. The molecule has 3 atom stereocenters. The number of nitrogens with two attached hydrogens (primary N) is 1. The van der Waals surface area contributed by atoms with Gasteiger partial charge in [0, 0.05) is 30.8 Å². The van der Waals surface area contributed by atoms with E-state index in [1.54, 1.807) is 12.4 Å². The number of nitrogens with zero attached hydrogens (tertiary/aromatic N) is 5. The Morgan fingerprint density at radius 2 is 2.00 bits per heavy atom. The van der Waals surface area contributed by atoms with Crippen LogP contribution in [0.1, 0.15) is 90.9 Å². The molecule has 3 aromatic rings. The molecule has 2 aromatic carbocycles. The number of allylic oxidation sites excluding steroid dienone is 1. The average Bonchev–Trinajstić information content (AvgIpc) is 3.84. The highest BCUT2D eigenvalue weighted by molar-refractivity contribution is 7.80. The van der Waals surface area contributed by atoms with E-state index < -0.39 is 15.7 Å². The second-order valence-electron chi connectivity index (χ2n) is 13.2. The van der Waals surface area contributed by atoms with Gasteiger partial charge in [0.05, 0.1) is 27.9 Å². The van der Waals surface area contributed by atoms with Crippen molar-refractivity contribution in [2.75, 3.05) is 20.3 Å². The van der Waals surface area contributed by atoms with Crippen LogP contribution < -0.4 is 5.73 Å². The van der Waals surface area contributed by atoms with Crippen molar-refractivity contribution in [2.45, 2.75) is 68.3 Å². The van der Waals surface area contributed by atoms with Crippen LogP contribution in [-0.2, 0) is 15.7 Å². The van der Waals surface area contributed by atoms with Gasteiger partial charge in [-0.1, -0.05) is 18.2 Å². The maximum absolute atomic E-state index is 13.6. The van der Waals surface area contributed by atoms with Crippen LogP contribution in [0.3, 0.4) is 0 Å². The summed E-state index contributed by atoms with van der Waals surface area (Å²) in [5, 5.41) is 0. The summed E-state index contributed by atoms with van der Waals surface area (Å²) >= 11 is 0. The standard InChI is InChI=1S/C32H34N6O3S/c1-31(2,3)42(40)38-30(32(38)16-41-17-32)34-15-20(14-33)19-10-11-23-24(12-19)37-25-13-26(28(37)35-23)36(4)29(39)22-7-5-6-21(27(22)25)18-8-9-18/h5-7,10-12,14-15,18,25-26,33H,8-9,13,16-17H2,1-4H3/p+1/t25-,26+,38?,42?/m1/s1. The zero-order chi connectivity index (χ0) is 29.1. The molecule has 1 aromatic heterocycles. The summed E-state index contributed by atoms with van der Waals surface area (Å²) in [6, 6.07) is 12.4. The molecule has 8 rings (SSSR count). The summed E-state index contributed by atoms with van der Waals surface area (Å²) < 4.78 is 22.5. The lowest BCUT2D eigenvalue weighted by atomic mass is 9.91. The molecule has 1 spiro atoms. The first-order chi connectivity index (χ1) is 20.1. The van der Waals surface area contributed by atoms with E-state index in [4.69, 9.17) is 20.4 Å². The van der Waals surface area contributed by atoms with Crippen LogP contribution in [0.2, 0.25) is 0 Å². The van der Waals surface area contributed by atoms with E-state index in [1.165, 1.54) is 24.0 Å². The van der Waals surface area contributed by atoms with Gasteiger partial charge in [-0.2, -0.15) is 0 Å². The molecule has 1 saturated heterocycles. The van der Waals surface area contributed by atoms with Gasteiger partial charge in [-0.05, 0) is 79.4 Å². The molecular formula is C32H35N6O3S+. The Bertz CT molecular complexity index is 1820. The average molecular weight is 584 g/mol. The lowest BCUT2D eigenvalue weighted by Gasteiger charge is -2.25. The van der Waals surface area contributed by atoms with Crippen LogP contribution in [0.4, 0.5) is 0 Å². The second-order valence-corrected chi connectivity index (χ2v) is 15.3. The van der Waals surface area contributed by atoms with Gasteiger partial charge in [-0.15, -0.1) is 3.98 Å². The fraction of sp³-hybridized carbons (Fsp3) is 0.438. The number of amidine groups is 1. The Morgan fingerprint density at radius 3 is 2.67 bits per heavy atom. The molecule has 42 heavy (non-hydrogen) atoms. The first-order valence-corrected chi connectivity index (χ1v) is 15.8. The number of carbonyl (C=O) groups is 1. The third-order valence-electron chi connectivity index (χ3n) is 9.44. The number of carbonyl (C=O) groups excluding carboxylic acids is 1. The van der Waals surface area contributed by atoms with Gasteiger partial charge in [0.1, 0.15) is 25.3 Å². The normalized spacial score (nSPS) is 25.2. The maximum atomic E-state index is 13.6. The van der Waals surface area contributed by atoms with Crippen LogP contribution in [0.25, 0.3) is 16.6 Å². The van der Waals surface area contributed by atoms with Crippen LogP contribution in [0.15, 0.2) is 47.6 Å². The Labute approximate surface area is 247 Å². The predicted octanol–water partition coefficient (Wildman–Crippen LogP) is 4.06. The van der Waals surface area contributed by atoms with E-state index in [2.05, 4.69) is 16.7 Å². The summed E-state index contributed by atoms with van der Waals surface area (Å²) in [4.78, 5) is 25.3. The Hall–Kier alpha value is -3.63. The molecule has 1 amide bonds. The number of hydrogen-bond acceptors (Lipinski definition) is 6. The van der Waals surface area contributed by atoms with Gasteiger partial charge >= 0.3 is 5.84 Å². The van der Waals surface area contributed by atoms with E-state index in [0.29, 0.717) is 19.1 Å². The van der Waals surface area contributed by atoms with Crippen molar-refractivity contribution >= 4 is 45.5 Å². The quantitative estimate of drug-likeness (QED) is 0.368. The largest absolute Gasteiger partial charge is 0.404 e. The van der Waals surface area contributed by atoms with Gasteiger partial charge in [-0.25, -0.2) is 9.19 Å². The number of benzene rings is 2. The van der Waals surface area contributed by atoms with E-state index >= 15 is 0 Å². The van der Waals surface area contributed by atoms with E-state index in [-0.39, 0.29) is 23.5 Å². The minimum atomic E-state index is -1.22. The highest BCUT2D eigenvalue weighted by atomic mass is 32.2. The van der Waals surface area contributed by atoms with Gasteiger partial charge in [-0.3, -0.25) is 4.79 Å². The minimum absolute atomic E-state index is 0.0475. The number of imidazole rings is 1. The third-order valence-corrected chi connectivity index (χ3v) is 11.3. The molecule has 5 aliphatic rings. The summed E-state index contributed by atoms with van der Waals surface area (Å²) in [6.07, 6.45) is 6.52. The molecule has 10 heteroatoms. The first-order valence-electron chi connectivity index (χ1n) is 14.7. The smallest absolute Gasteiger partial charge is 0.362 e. The van der Waals surface area contributed by atoms with Crippen LogP contribution in [-0.4, -0.2) is 71.1 Å². The number of ether oxygens (including phenoxy) is 1. The summed E-state index contributed by atoms with van der Waals surface area (Å²) in [5.41, 5.74) is 12.7. The fourth-order valence-corrected chi connectivity index (χ4v) is 8.31. The van der Waals surface area contributed by atoms with Gasteiger partial charge in [0.2, 0.25) is 11.0 Å². The van der Waals surface area contributed by atoms with E-state index in [0.717, 1.165) is 45.8 Å². The number of fused-ring (bicyclic) bond motifs is 9. The molecule has 4 aliphatic heterocycles. The maximum Gasteiger partial charge on any atom is 0.362 e. The molecule has 2 N–H and O–H groups in total. The van der Waals surface area contributed by atoms with Crippen molar-refractivity contribution in [1.29, 1.82) is 0 Å². The molecule has 5 heterocycles. The molecule has 2 fully saturated rings. The highest BCUT2D eigenvalue weighted by Gasteiger charge is 2.72. The first kappa shape index (κ1) is 26.0. The SMILES string of the molecule is CN1C(=O)c2cccc(C3CC3)c2[C@H]2C[C@H]1c1nc3ccc(/C(C=NC4=[N+](S(=O)C(C)(C)C)C45COC5)=C/N)cc3n12. The number of aliphatic imine (C=N–C) groups is 1. The topological polar surface area (TPSA) is 106 Å². The van der Waals surface area contributed by atoms with Crippen LogP contribution >= 0.6 is 0 Å². The monoisotopic (exact) mass is 583 g/mol. The lowest BCUT2D eigenvalue weighted by molar-refractivity contribution is -0.392. The van der Waals surface area contributed by atoms with Crippen molar-refractivity contribution in [3.63, 3.8) is 0 Å². The molecule has 9 nitrogen and oxygen atoms in total. The predicted molar refractivity (Wildman–Crippen MR) is 163 cm³/mol. The molecule has 2 bridgehead atoms. The number of rotatable bonds is 4. The third kappa shape index (κ3) is 3.54. The highest BCUT2D eigenvalue weighted by Crippen LogP contribution is 2.52. The Morgan fingerprint density at radius 1 is 1.21 bits per heavy atom. The Kier molecular flexibility index (Phi) is 5.39. The molecule has 1 unspecified atom stereocenters. The fourth-order valence-electron chi connectivity index (χ4n) is 6.93.